The minimum Gasteiger partial charge on any atom is -0.276 e. The van der Waals surface area contributed by atoms with Gasteiger partial charge >= 0.3 is 5.69 Å². The summed E-state index contributed by atoms with van der Waals surface area (Å²) in [7, 11) is 0. The van der Waals surface area contributed by atoms with Gasteiger partial charge in [0.05, 0.1) is 23.6 Å². The van der Waals surface area contributed by atoms with E-state index in [1.54, 1.807) is 10.7 Å². The van der Waals surface area contributed by atoms with Gasteiger partial charge in [-0.15, -0.1) is 0 Å². The van der Waals surface area contributed by atoms with Gasteiger partial charge in [0.1, 0.15) is 0 Å². The van der Waals surface area contributed by atoms with Crippen LogP contribution in [0, 0.1) is 0 Å². The van der Waals surface area contributed by atoms with E-state index in [0.29, 0.717) is 5.65 Å². The van der Waals surface area contributed by atoms with Crippen molar-refractivity contribution in [3.8, 4) is 0 Å². The summed E-state index contributed by atoms with van der Waals surface area (Å²) in [6, 6.07) is 4.05. The predicted molar refractivity (Wildman–Crippen MR) is 101 cm³/mol. The van der Waals surface area contributed by atoms with Crippen molar-refractivity contribution in [3.05, 3.63) is 58.0 Å². The smallest absolute Gasteiger partial charge is 0.276 e. The molecule has 4 aromatic rings. The summed E-state index contributed by atoms with van der Waals surface area (Å²) >= 11 is 0. The zero-order valence-corrected chi connectivity index (χ0v) is 15.6. The number of aromatic amines is 2. The number of nitrogens with zero attached hydrogens (tertiary/aromatic N) is 4. The molecule has 4 rings (SSSR count). The van der Waals surface area contributed by atoms with Crippen LogP contribution in [-0.2, 0) is 10.8 Å². The van der Waals surface area contributed by atoms with Crippen LogP contribution in [-0.4, -0.2) is 29.8 Å². The molecule has 0 aromatic carbocycles. The average Bonchev–Trinajstić information content (AvgIpc) is 3.16. The van der Waals surface area contributed by atoms with Gasteiger partial charge < -0.3 is 0 Å². The molecular formula is C19H22N6O. The standard InChI is InChI=1S/C19H22N6O/c1-18(2,3)13-10-25-16(22-17(26)24-25)7-12(13)19(4,5)15-6-11-8-21-23-14(11)9-20-15/h6-10H,1-5H3,(H,21,23)(H,24,26). The quantitative estimate of drug-likeness (QED) is 0.581. The van der Waals surface area contributed by atoms with Crippen LogP contribution >= 0.6 is 0 Å². The highest BCUT2D eigenvalue weighted by atomic mass is 16.1. The van der Waals surface area contributed by atoms with E-state index in [1.807, 2.05) is 18.5 Å². The minimum absolute atomic E-state index is 0.109. The number of aromatic nitrogens is 6. The van der Waals surface area contributed by atoms with E-state index in [9.17, 15) is 4.79 Å². The van der Waals surface area contributed by atoms with Gasteiger partial charge in [-0.05, 0) is 28.7 Å². The van der Waals surface area contributed by atoms with Gasteiger partial charge in [-0.2, -0.15) is 10.1 Å². The van der Waals surface area contributed by atoms with Crippen LogP contribution in [0.2, 0.25) is 0 Å². The van der Waals surface area contributed by atoms with Crippen molar-refractivity contribution in [2.24, 2.45) is 0 Å². The molecule has 0 bridgehead atoms. The number of pyridine rings is 2. The highest BCUT2D eigenvalue weighted by molar-refractivity contribution is 5.77. The van der Waals surface area contributed by atoms with Crippen molar-refractivity contribution in [2.45, 2.75) is 45.4 Å². The largest absolute Gasteiger partial charge is 0.362 e. The number of hydrogen-bond donors (Lipinski definition) is 2. The first-order chi connectivity index (χ1) is 12.2. The first-order valence-corrected chi connectivity index (χ1v) is 8.59. The Morgan fingerprint density at radius 3 is 2.54 bits per heavy atom. The maximum absolute atomic E-state index is 11.7. The van der Waals surface area contributed by atoms with Crippen molar-refractivity contribution < 1.29 is 0 Å². The fourth-order valence-corrected chi connectivity index (χ4v) is 3.39. The fraction of sp³-hybridized carbons (Fsp3) is 0.368. The van der Waals surface area contributed by atoms with E-state index < -0.39 is 0 Å². The van der Waals surface area contributed by atoms with Crippen LogP contribution < -0.4 is 5.69 Å². The number of rotatable bonds is 2. The molecule has 0 atom stereocenters. The van der Waals surface area contributed by atoms with E-state index in [0.717, 1.165) is 27.7 Å². The zero-order valence-electron chi connectivity index (χ0n) is 15.6. The molecule has 7 heteroatoms. The molecule has 4 aromatic heterocycles. The van der Waals surface area contributed by atoms with Crippen LogP contribution in [0.3, 0.4) is 0 Å². The number of hydrogen-bond acceptors (Lipinski definition) is 4. The average molecular weight is 350 g/mol. The summed E-state index contributed by atoms with van der Waals surface area (Å²) < 4.78 is 1.69. The topological polar surface area (TPSA) is 91.7 Å². The Balaban J connectivity index is 1.99. The molecule has 0 fully saturated rings. The highest BCUT2D eigenvalue weighted by Gasteiger charge is 2.32. The summed E-state index contributed by atoms with van der Waals surface area (Å²) in [6.45, 7) is 10.8. The molecule has 0 aliphatic carbocycles. The third-order valence-corrected chi connectivity index (χ3v) is 4.95. The first-order valence-electron chi connectivity index (χ1n) is 8.59. The minimum atomic E-state index is -0.370. The molecule has 134 valence electrons. The third-order valence-electron chi connectivity index (χ3n) is 4.95. The molecule has 4 heterocycles. The van der Waals surface area contributed by atoms with Crippen molar-refractivity contribution in [2.75, 3.05) is 0 Å². The Bertz CT molecular complexity index is 1170. The normalized spacial score (nSPS) is 13.0. The number of nitrogens with one attached hydrogen (secondary N) is 2. The van der Waals surface area contributed by atoms with E-state index in [2.05, 4.69) is 65.9 Å². The fourth-order valence-electron chi connectivity index (χ4n) is 3.39. The third kappa shape index (κ3) is 2.51. The van der Waals surface area contributed by atoms with Gasteiger partial charge in [-0.1, -0.05) is 34.6 Å². The molecule has 0 unspecified atom stereocenters. The summed E-state index contributed by atoms with van der Waals surface area (Å²) in [4.78, 5) is 20.4. The van der Waals surface area contributed by atoms with Crippen LogP contribution in [0.15, 0.2) is 35.5 Å². The molecule has 0 amide bonds. The molecule has 2 N–H and O–H groups in total. The molecule has 7 nitrogen and oxygen atoms in total. The Labute approximate surface area is 150 Å². The van der Waals surface area contributed by atoms with Crippen LogP contribution in [0.5, 0.6) is 0 Å². The Hall–Kier alpha value is -2.96. The number of H-pyrrole nitrogens is 2. The maximum atomic E-state index is 11.7. The monoisotopic (exact) mass is 350 g/mol. The van der Waals surface area contributed by atoms with Gasteiger partial charge in [0.25, 0.3) is 0 Å². The van der Waals surface area contributed by atoms with E-state index in [-0.39, 0.29) is 16.5 Å². The maximum Gasteiger partial charge on any atom is 0.362 e. The van der Waals surface area contributed by atoms with Crippen molar-refractivity contribution >= 4 is 16.6 Å². The molecule has 0 aliphatic rings. The van der Waals surface area contributed by atoms with Gasteiger partial charge in [0.2, 0.25) is 0 Å². The van der Waals surface area contributed by atoms with Crippen LogP contribution in [0.25, 0.3) is 16.6 Å². The second-order valence-electron chi connectivity index (χ2n) is 8.26. The summed E-state index contributed by atoms with van der Waals surface area (Å²) in [6.07, 6.45) is 5.59. The number of fused-ring (bicyclic) bond motifs is 2. The summed E-state index contributed by atoms with van der Waals surface area (Å²) in [5.74, 6) is 0. The lowest BCUT2D eigenvalue weighted by atomic mass is 9.73. The molecule has 0 saturated heterocycles. The Kier molecular flexibility index (Phi) is 3.34. The van der Waals surface area contributed by atoms with Crippen molar-refractivity contribution in [1.29, 1.82) is 0 Å². The Morgan fingerprint density at radius 1 is 1.04 bits per heavy atom. The van der Waals surface area contributed by atoms with Gasteiger partial charge in [-0.25, -0.2) is 14.4 Å². The van der Waals surface area contributed by atoms with Gasteiger partial charge in [0.15, 0.2) is 5.65 Å². The van der Waals surface area contributed by atoms with Gasteiger partial charge in [0, 0.05) is 17.0 Å². The summed E-state index contributed by atoms with van der Waals surface area (Å²) in [5.41, 5.74) is 3.87. The predicted octanol–water partition coefficient (Wildman–Crippen LogP) is 2.92. The molecule has 0 spiro atoms. The molecule has 26 heavy (non-hydrogen) atoms. The second-order valence-corrected chi connectivity index (χ2v) is 8.26. The lowest BCUT2D eigenvalue weighted by molar-refractivity contribution is 0.538. The first kappa shape index (κ1) is 16.5. The van der Waals surface area contributed by atoms with E-state index in [1.165, 1.54) is 0 Å². The van der Waals surface area contributed by atoms with E-state index >= 15 is 0 Å². The van der Waals surface area contributed by atoms with Crippen molar-refractivity contribution in [1.82, 2.24) is 29.8 Å². The molecule has 0 radical (unpaired) electrons. The van der Waals surface area contributed by atoms with E-state index in [4.69, 9.17) is 0 Å². The molecular weight excluding hydrogens is 328 g/mol. The Morgan fingerprint density at radius 2 is 1.81 bits per heavy atom. The summed E-state index contributed by atoms with van der Waals surface area (Å²) in [5, 5.41) is 10.8. The lowest BCUT2D eigenvalue weighted by Crippen LogP contribution is -2.27. The molecule has 0 saturated carbocycles. The van der Waals surface area contributed by atoms with Crippen LogP contribution in [0.4, 0.5) is 0 Å². The SMILES string of the molecule is CC(C)(C)c1cn2[nH]c(=O)nc2cc1C(C)(C)c1cc2cn[nH]c2cn1. The molecule has 0 aliphatic heterocycles. The van der Waals surface area contributed by atoms with Crippen LogP contribution in [0.1, 0.15) is 51.4 Å². The van der Waals surface area contributed by atoms with Gasteiger partial charge in [-0.3, -0.25) is 10.1 Å². The van der Waals surface area contributed by atoms with Crippen molar-refractivity contribution in [3.63, 3.8) is 0 Å². The zero-order chi connectivity index (χ0) is 18.7. The lowest BCUT2D eigenvalue weighted by Gasteiger charge is -2.32. The second kappa shape index (κ2) is 5.27. The highest BCUT2D eigenvalue weighted by Crippen LogP contribution is 2.38.